The summed E-state index contributed by atoms with van der Waals surface area (Å²) in [6.45, 7) is -0.396. The first-order chi connectivity index (χ1) is 16.6. The number of rotatable bonds is 10. The van der Waals surface area contributed by atoms with Crippen LogP contribution in [0, 0.1) is 0 Å². The molecule has 0 aliphatic heterocycles. The Morgan fingerprint density at radius 3 is 1.85 bits per heavy atom. The predicted octanol–water partition coefficient (Wildman–Crippen LogP) is 4.27. The third kappa shape index (κ3) is 6.76. The molecule has 0 bridgehead atoms. The minimum Gasteiger partial charge on any atom is -0.482 e. The van der Waals surface area contributed by atoms with Crippen molar-refractivity contribution < 1.29 is 14.6 Å². The van der Waals surface area contributed by atoms with E-state index in [0.717, 1.165) is 16.9 Å². The normalized spacial score (nSPS) is 10.6. The molecule has 1 aromatic heterocycles. The number of benzene rings is 3. The molecule has 4 N–H and O–H groups in total. The maximum atomic E-state index is 10.6. The Bertz CT molecular complexity index is 1190. The van der Waals surface area contributed by atoms with E-state index in [1.54, 1.807) is 30.5 Å². The van der Waals surface area contributed by atoms with Crippen LogP contribution in [0.15, 0.2) is 90.0 Å². The molecule has 10 nitrogen and oxygen atoms in total. The van der Waals surface area contributed by atoms with Crippen LogP contribution in [-0.4, -0.2) is 38.8 Å². The van der Waals surface area contributed by atoms with Crippen LogP contribution >= 0.6 is 0 Å². The molecule has 0 unspecified atom stereocenters. The summed E-state index contributed by atoms with van der Waals surface area (Å²) in [5, 5.41) is 19.2. The molecule has 0 fully saturated rings. The highest BCUT2D eigenvalue weighted by atomic mass is 16.5. The molecule has 0 spiro atoms. The number of hydrogen-bond donors (Lipinski definition) is 4. The highest BCUT2D eigenvalue weighted by Gasteiger charge is 2.07. The first-order valence-corrected chi connectivity index (χ1v) is 10.3. The number of carbonyl (C=O) groups is 1. The van der Waals surface area contributed by atoms with Crippen LogP contribution in [0.1, 0.15) is 5.56 Å². The molecule has 34 heavy (non-hydrogen) atoms. The summed E-state index contributed by atoms with van der Waals surface area (Å²) in [5.74, 6) is 0.353. The van der Waals surface area contributed by atoms with E-state index in [4.69, 9.17) is 9.84 Å². The van der Waals surface area contributed by atoms with Crippen LogP contribution in [0.4, 0.5) is 29.2 Å². The molecule has 0 saturated carbocycles. The van der Waals surface area contributed by atoms with Gasteiger partial charge in [0.2, 0.25) is 17.8 Å². The molecule has 170 valence electrons. The lowest BCUT2D eigenvalue weighted by molar-refractivity contribution is -0.139. The number of carboxylic acid groups (broad SMARTS) is 1. The monoisotopic (exact) mass is 455 g/mol. The van der Waals surface area contributed by atoms with Crippen molar-refractivity contribution in [3.05, 3.63) is 90.5 Å². The minimum absolute atomic E-state index is 0.240. The van der Waals surface area contributed by atoms with Crippen LogP contribution < -0.4 is 20.8 Å². The number of nitrogens with zero attached hydrogens (tertiary/aromatic N) is 4. The van der Waals surface area contributed by atoms with Gasteiger partial charge >= 0.3 is 5.97 Å². The average Bonchev–Trinajstić information content (AvgIpc) is 2.85. The Balaban J connectivity index is 1.48. The molecule has 0 radical (unpaired) electrons. The first kappa shape index (κ1) is 22.2. The molecule has 0 atom stereocenters. The summed E-state index contributed by atoms with van der Waals surface area (Å²) >= 11 is 0. The summed E-state index contributed by atoms with van der Waals surface area (Å²) in [5.41, 5.74) is 5.26. The fraction of sp³-hybridized carbons (Fsp3) is 0.0417. The number of hydrogen-bond acceptors (Lipinski definition) is 9. The SMILES string of the molecule is O=C(O)COc1ccc(C=NNc2nc(Nc3ccccc3)nc(Nc3ccccc3)n2)cc1. The number of anilines is 5. The van der Waals surface area contributed by atoms with Gasteiger partial charge in [0.1, 0.15) is 5.75 Å². The molecule has 4 rings (SSSR count). The van der Waals surface area contributed by atoms with E-state index in [1.165, 1.54) is 0 Å². The summed E-state index contributed by atoms with van der Waals surface area (Å²) in [7, 11) is 0. The zero-order chi connectivity index (χ0) is 23.6. The van der Waals surface area contributed by atoms with Crippen molar-refractivity contribution in [1.82, 2.24) is 15.0 Å². The predicted molar refractivity (Wildman–Crippen MR) is 130 cm³/mol. The highest BCUT2D eigenvalue weighted by molar-refractivity contribution is 5.80. The Labute approximate surface area is 195 Å². The van der Waals surface area contributed by atoms with Crippen LogP contribution in [0.2, 0.25) is 0 Å². The molecular weight excluding hydrogens is 434 g/mol. The second-order valence-electron chi connectivity index (χ2n) is 6.91. The third-order valence-corrected chi connectivity index (χ3v) is 4.32. The topological polar surface area (TPSA) is 134 Å². The van der Waals surface area contributed by atoms with Crippen LogP contribution in [0.3, 0.4) is 0 Å². The summed E-state index contributed by atoms with van der Waals surface area (Å²) in [6, 6.07) is 25.9. The van der Waals surface area contributed by atoms with E-state index in [-0.39, 0.29) is 5.95 Å². The quantitative estimate of drug-likeness (QED) is 0.204. The second kappa shape index (κ2) is 11.0. The molecule has 1 heterocycles. The van der Waals surface area contributed by atoms with Crippen molar-refractivity contribution in [2.45, 2.75) is 0 Å². The van der Waals surface area contributed by atoms with Crippen LogP contribution in [0.25, 0.3) is 0 Å². The molecule has 0 aliphatic rings. The van der Waals surface area contributed by atoms with Crippen molar-refractivity contribution in [3.8, 4) is 5.75 Å². The Morgan fingerprint density at radius 1 is 0.794 bits per heavy atom. The maximum Gasteiger partial charge on any atom is 0.341 e. The van der Waals surface area contributed by atoms with Gasteiger partial charge in [0.25, 0.3) is 0 Å². The minimum atomic E-state index is -1.03. The Kier molecular flexibility index (Phi) is 7.22. The van der Waals surface area contributed by atoms with E-state index in [2.05, 4.69) is 36.1 Å². The standard InChI is InChI=1S/C24H21N7O3/c32-21(33)16-34-20-13-11-17(12-14-20)15-25-31-24-29-22(26-18-7-3-1-4-8-18)28-23(30-24)27-19-9-5-2-6-10-19/h1-15H,16H2,(H,32,33)(H3,26,27,28,29,30,31). The number of aromatic nitrogens is 3. The lowest BCUT2D eigenvalue weighted by Gasteiger charge is -2.10. The van der Waals surface area contributed by atoms with Crippen molar-refractivity contribution in [1.29, 1.82) is 0 Å². The Hall–Kier alpha value is -4.99. The Morgan fingerprint density at radius 2 is 1.32 bits per heavy atom. The van der Waals surface area contributed by atoms with E-state index in [9.17, 15) is 4.79 Å². The van der Waals surface area contributed by atoms with Gasteiger partial charge in [0.15, 0.2) is 6.61 Å². The van der Waals surface area contributed by atoms with Crippen molar-refractivity contribution >= 4 is 41.4 Å². The lowest BCUT2D eigenvalue weighted by atomic mass is 10.2. The molecule has 0 saturated heterocycles. The van der Waals surface area contributed by atoms with Gasteiger partial charge in [-0.2, -0.15) is 20.1 Å². The van der Waals surface area contributed by atoms with Gasteiger partial charge in [-0.1, -0.05) is 36.4 Å². The third-order valence-electron chi connectivity index (χ3n) is 4.32. The summed E-state index contributed by atoms with van der Waals surface area (Å²) in [6.07, 6.45) is 1.58. The number of hydrazone groups is 1. The molecular formula is C24H21N7O3. The van der Waals surface area contributed by atoms with Gasteiger partial charge in [-0.3, -0.25) is 0 Å². The zero-order valence-electron chi connectivity index (χ0n) is 17.9. The number of ether oxygens (including phenoxy) is 1. The molecule has 0 aliphatic carbocycles. The molecule has 10 heteroatoms. The average molecular weight is 455 g/mol. The van der Waals surface area contributed by atoms with E-state index >= 15 is 0 Å². The van der Waals surface area contributed by atoms with Gasteiger partial charge in [-0.15, -0.1) is 0 Å². The van der Waals surface area contributed by atoms with Crippen molar-refractivity contribution in [2.75, 3.05) is 22.7 Å². The number of aliphatic carboxylic acids is 1. The van der Waals surface area contributed by atoms with Gasteiger partial charge in [0.05, 0.1) is 6.21 Å². The second-order valence-corrected chi connectivity index (χ2v) is 6.91. The van der Waals surface area contributed by atoms with Crippen molar-refractivity contribution in [3.63, 3.8) is 0 Å². The fourth-order valence-corrected chi connectivity index (χ4v) is 2.80. The molecule has 0 amide bonds. The number of nitrogens with one attached hydrogen (secondary N) is 3. The van der Waals surface area contributed by atoms with Crippen LogP contribution in [0.5, 0.6) is 5.75 Å². The molecule has 4 aromatic rings. The van der Waals surface area contributed by atoms with Gasteiger partial charge < -0.3 is 20.5 Å². The zero-order valence-corrected chi connectivity index (χ0v) is 17.9. The van der Waals surface area contributed by atoms with E-state index in [1.807, 2.05) is 60.7 Å². The largest absolute Gasteiger partial charge is 0.482 e. The smallest absolute Gasteiger partial charge is 0.341 e. The van der Waals surface area contributed by atoms with Crippen LogP contribution in [-0.2, 0) is 4.79 Å². The maximum absolute atomic E-state index is 10.6. The van der Waals surface area contributed by atoms with Gasteiger partial charge in [-0.05, 0) is 54.1 Å². The summed E-state index contributed by atoms with van der Waals surface area (Å²) in [4.78, 5) is 23.8. The number of carboxylic acids is 1. The lowest BCUT2D eigenvalue weighted by Crippen LogP contribution is -2.09. The van der Waals surface area contributed by atoms with E-state index < -0.39 is 12.6 Å². The highest BCUT2D eigenvalue weighted by Crippen LogP contribution is 2.18. The summed E-state index contributed by atoms with van der Waals surface area (Å²) < 4.78 is 5.12. The van der Waals surface area contributed by atoms with Crippen molar-refractivity contribution in [2.24, 2.45) is 5.10 Å². The first-order valence-electron chi connectivity index (χ1n) is 10.3. The van der Waals surface area contributed by atoms with Gasteiger partial charge in [-0.25, -0.2) is 10.2 Å². The van der Waals surface area contributed by atoms with E-state index in [0.29, 0.717) is 17.6 Å². The molecule has 3 aromatic carbocycles. The van der Waals surface area contributed by atoms with Gasteiger partial charge in [0, 0.05) is 11.4 Å². The fourth-order valence-electron chi connectivity index (χ4n) is 2.80. The number of para-hydroxylation sites is 2.